The Labute approximate surface area is 205 Å². The Morgan fingerprint density at radius 1 is 1.14 bits per heavy atom. The van der Waals surface area contributed by atoms with Crippen LogP contribution in [-0.2, 0) is 14.0 Å². The summed E-state index contributed by atoms with van der Waals surface area (Å²) in [5.74, 6) is -1.84. The molecule has 1 aromatic carbocycles. The van der Waals surface area contributed by atoms with Gasteiger partial charge in [0, 0.05) is 23.6 Å². The average Bonchev–Trinajstić information content (AvgIpc) is 3.23. The number of rotatable bonds is 7. The molecule has 3 N–H and O–H groups in total. The number of halogens is 1. The highest BCUT2D eigenvalue weighted by molar-refractivity contribution is 6.74. The number of aromatic nitrogens is 1. The quantitative estimate of drug-likeness (QED) is 0.392. The first-order valence-corrected chi connectivity index (χ1v) is 14.5. The van der Waals surface area contributed by atoms with Crippen LogP contribution < -0.4 is 16.2 Å². The average molecular weight is 505 g/mol. The van der Waals surface area contributed by atoms with E-state index in [9.17, 15) is 18.8 Å². The molecule has 1 fully saturated rings. The molecule has 3 rings (SSSR count). The molecule has 0 bridgehead atoms. The number of hydrogen-bond donors (Lipinski definition) is 3. The monoisotopic (exact) mass is 504 g/mol. The number of hydrazine groups is 1. The minimum absolute atomic E-state index is 0.0280. The molecule has 1 aliphatic carbocycles. The van der Waals surface area contributed by atoms with Gasteiger partial charge in [-0.15, -0.1) is 0 Å². The van der Waals surface area contributed by atoms with Gasteiger partial charge in [0.2, 0.25) is 11.7 Å². The van der Waals surface area contributed by atoms with Crippen LogP contribution in [0.2, 0.25) is 18.1 Å². The Kier molecular flexibility index (Phi) is 7.80. The maximum absolute atomic E-state index is 13.1. The molecule has 190 valence electrons. The molecule has 0 saturated heterocycles. The van der Waals surface area contributed by atoms with Crippen molar-refractivity contribution < 1.29 is 27.7 Å². The lowest BCUT2D eigenvalue weighted by Crippen LogP contribution is -2.55. The minimum atomic E-state index is -2.12. The normalized spacial score (nSPS) is 18.8. The van der Waals surface area contributed by atoms with Gasteiger partial charge < -0.3 is 14.3 Å². The van der Waals surface area contributed by atoms with Gasteiger partial charge in [0.25, 0.3) is 11.8 Å². The summed E-state index contributed by atoms with van der Waals surface area (Å²) in [6.45, 7) is 12.0. The van der Waals surface area contributed by atoms with Gasteiger partial charge in [-0.1, -0.05) is 25.9 Å². The second-order valence-electron chi connectivity index (χ2n) is 10.4. The van der Waals surface area contributed by atoms with Crippen molar-refractivity contribution in [3.63, 3.8) is 0 Å². The Morgan fingerprint density at radius 3 is 2.37 bits per heavy atom. The van der Waals surface area contributed by atoms with Crippen LogP contribution in [0.1, 0.15) is 51.1 Å². The van der Waals surface area contributed by atoms with Crippen molar-refractivity contribution >= 4 is 26.0 Å². The maximum Gasteiger partial charge on any atom is 0.290 e. The van der Waals surface area contributed by atoms with Gasteiger partial charge in [-0.3, -0.25) is 25.2 Å². The van der Waals surface area contributed by atoms with E-state index in [0.29, 0.717) is 24.1 Å². The highest BCUT2D eigenvalue weighted by Crippen LogP contribution is 2.37. The second-order valence-corrected chi connectivity index (χ2v) is 15.2. The lowest BCUT2D eigenvalue weighted by molar-refractivity contribution is -0.136. The van der Waals surface area contributed by atoms with Crippen LogP contribution in [-0.4, -0.2) is 43.3 Å². The van der Waals surface area contributed by atoms with E-state index in [2.05, 4.69) is 55.2 Å². The van der Waals surface area contributed by atoms with Gasteiger partial charge in [-0.05, 0) is 62.2 Å². The van der Waals surface area contributed by atoms with E-state index in [1.165, 1.54) is 18.2 Å². The van der Waals surface area contributed by atoms with Crippen LogP contribution in [0.4, 0.5) is 4.39 Å². The predicted molar refractivity (Wildman–Crippen MR) is 130 cm³/mol. The Morgan fingerprint density at radius 2 is 1.77 bits per heavy atom. The molecule has 9 nitrogen and oxygen atoms in total. The highest BCUT2D eigenvalue weighted by atomic mass is 28.4. The van der Waals surface area contributed by atoms with Crippen LogP contribution in [0, 0.1) is 11.7 Å². The standard InChI is InChI=1S/C24H33FN4O5Si/c1-14(34-35(5,6)24(2,3)4)21(30)27-28-22(31)16-11-18(12-16)26-23(32)20-13-19(29-33-20)15-7-9-17(25)10-8-15/h7-10,13-14,16,18H,11-12H2,1-6H3,(H,26,32)(H,27,30)(H,28,31)/t14?,16-,18-. The van der Waals surface area contributed by atoms with Gasteiger partial charge in [0.1, 0.15) is 17.6 Å². The molecule has 1 aliphatic rings. The number of benzene rings is 1. The van der Waals surface area contributed by atoms with E-state index < -0.39 is 26.2 Å². The van der Waals surface area contributed by atoms with E-state index in [0.717, 1.165) is 0 Å². The topological polar surface area (TPSA) is 123 Å². The van der Waals surface area contributed by atoms with Crippen molar-refractivity contribution in [1.29, 1.82) is 0 Å². The van der Waals surface area contributed by atoms with Crippen LogP contribution in [0.25, 0.3) is 11.3 Å². The zero-order valence-corrected chi connectivity index (χ0v) is 21.9. The summed E-state index contributed by atoms with van der Waals surface area (Å²) in [5, 5.41) is 6.61. The lowest BCUT2D eigenvalue weighted by atomic mass is 9.79. The fourth-order valence-corrected chi connectivity index (χ4v) is 4.69. The van der Waals surface area contributed by atoms with Crippen molar-refractivity contribution in [3.8, 4) is 11.3 Å². The molecule has 0 aliphatic heterocycles. The zero-order chi connectivity index (χ0) is 26.0. The summed E-state index contributed by atoms with van der Waals surface area (Å²) in [4.78, 5) is 37.1. The Hall–Kier alpha value is -3.05. The van der Waals surface area contributed by atoms with E-state index in [1.54, 1.807) is 19.1 Å². The Bertz CT molecular complexity index is 1070. The number of nitrogens with one attached hydrogen (secondary N) is 3. The summed E-state index contributed by atoms with van der Waals surface area (Å²) < 4.78 is 24.2. The molecule has 1 aromatic heterocycles. The summed E-state index contributed by atoms with van der Waals surface area (Å²) in [6.07, 6.45) is 0.177. The summed E-state index contributed by atoms with van der Waals surface area (Å²) in [6, 6.07) is 6.97. The smallest absolute Gasteiger partial charge is 0.290 e. The first kappa shape index (κ1) is 26.5. The predicted octanol–water partition coefficient (Wildman–Crippen LogP) is 3.55. The summed E-state index contributed by atoms with van der Waals surface area (Å²) >= 11 is 0. The first-order valence-electron chi connectivity index (χ1n) is 11.6. The van der Waals surface area contributed by atoms with Crippen molar-refractivity contribution in [1.82, 2.24) is 21.3 Å². The molecule has 35 heavy (non-hydrogen) atoms. The summed E-state index contributed by atoms with van der Waals surface area (Å²) in [5.41, 5.74) is 5.93. The van der Waals surface area contributed by atoms with Crippen molar-refractivity contribution in [2.24, 2.45) is 5.92 Å². The Balaban J connectivity index is 1.41. The van der Waals surface area contributed by atoms with Gasteiger partial charge in [-0.2, -0.15) is 0 Å². The van der Waals surface area contributed by atoms with E-state index >= 15 is 0 Å². The van der Waals surface area contributed by atoms with E-state index in [4.69, 9.17) is 8.95 Å². The van der Waals surface area contributed by atoms with Gasteiger partial charge >= 0.3 is 0 Å². The number of carbonyl (C=O) groups excluding carboxylic acids is 3. The number of amides is 3. The van der Waals surface area contributed by atoms with Crippen molar-refractivity contribution in [2.45, 2.75) is 70.8 Å². The number of nitrogens with zero attached hydrogens (tertiary/aromatic N) is 1. The first-order chi connectivity index (χ1) is 16.3. The van der Waals surface area contributed by atoms with E-state index in [-0.39, 0.29) is 34.5 Å². The molecule has 2 aromatic rings. The molecule has 0 radical (unpaired) electrons. The molecule has 3 amide bonds. The van der Waals surface area contributed by atoms with Crippen LogP contribution in [0.5, 0.6) is 0 Å². The molecular formula is C24H33FN4O5Si. The maximum atomic E-state index is 13.1. The van der Waals surface area contributed by atoms with Crippen molar-refractivity contribution in [2.75, 3.05) is 0 Å². The fraction of sp³-hybridized carbons (Fsp3) is 0.500. The zero-order valence-electron chi connectivity index (χ0n) is 20.9. The van der Waals surface area contributed by atoms with Crippen LogP contribution in [0.3, 0.4) is 0 Å². The largest absolute Gasteiger partial charge is 0.405 e. The highest BCUT2D eigenvalue weighted by Gasteiger charge is 2.40. The molecule has 1 saturated carbocycles. The lowest BCUT2D eigenvalue weighted by Gasteiger charge is -2.38. The van der Waals surface area contributed by atoms with Crippen LogP contribution in [0.15, 0.2) is 34.9 Å². The molecule has 1 atom stereocenters. The fourth-order valence-electron chi connectivity index (χ4n) is 3.34. The van der Waals surface area contributed by atoms with Gasteiger partial charge in [-0.25, -0.2) is 4.39 Å². The summed E-state index contributed by atoms with van der Waals surface area (Å²) in [7, 11) is -2.12. The van der Waals surface area contributed by atoms with Gasteiger partial charge in [0.15, 0.2) is 8.32 Å². The van der Waals surface area contributed by atoms with E-state index in [1.807, 2.05) is 0 Å². The van der Waals surface area contributed by atoms with Gasteiger partial charge in [0.05, 0.1) is 0 Å². The molecular weight excluding hydrogens is 471 g/mol. The number of carbonyl (C=O) groups is 3. The molecule has 11 heteroatoms. The minimum Gasteiger partial charge on any atom is -0.405 e. The molecule has 0 spiro atoms. The SMILES string of the molecule is CC(O[Si](C)(C)C(C)(C)C)C(=O)NNC(=O)[C@H]1C[C@H](NC(=O)c2cc(-c3ccc(F)cc3)no2)C1. The third-order valence-corrected chi connectivity index (χ3v) is 11.2. The number of hydrogen-bond acceptors (Lipinski definition) is 6. The third kappa shape index (κ3) is 6.54. The second kappa shape index (κ2) is 10.3. The molecule has 1 unspecified atom stereocenters. The van der Waals surface area contributed by atoms with Crippen LogP contribution >= 0.6 is 0 Å². The van der Waals surface area contributed by atoms with Crippen molar-refractivity contribution in [3.05, 3.63) is 41.9 Å². The molecule has 1 heterocycles. The third-order valence-electron chi connectivity index (χ3n) is 6.67.